The Morgan fingerprint density at radius 3 is 2.27 bits per heavy atom. The molecule has 1 fully saturated rings. The van der Waals surface area contributed by atoms with E-state index in [-0.39, 0.29) is 9.23 Å². The van der Waals surface area contributed by atoms with Gasteiger partial charge in [0.25, 0.3) is 5.91 Å². The standard InChI is InChI=1S/C16H17NO7S2/c1-22-10-4-8(5-11(23-2)13(10)24-3)6-12-14(19)17(16(25)26-12)9(7-18)15(20)21/h4-6,9,18H,7H2,1-3H3,(H,20,21). The van der Waals surface area contributed by atoms with Gasteiger partial charge in [0.1, 0.15) is 4.32 Å². The molecule has 0 saturated carbocycles. The molecular formula is C16H17NO7S2. The molecule has 8 nitrogen and oxygen atoms in total. The predicted octanol–water partition coefficient (Wildman–Crippen LogP) is 1.36. The lowest BCUT2D eigenvalue weighted by Gasteiger charge is -2.20. The SMILES string of the molecule is COc1cc(C=C2SC(=S)N(C(CO)C(=O)O)C2=O)cc(OC)c1OC. The summed E-state index contributed by atoms with van der Waals surface area (Å²) < 4.78 is 15.8. The van der Waals surface area contributed by atoms with Crippen molar-refractivity contribution in [3.63, 3.8) is 0 Å². The highest BCUT2D eigenvalue weighted by Gasteiger charge is 2.40. The Morgan fingerprint density at radius 2 is 1.85 bits per heavy atom. The average molecular weight is 399 g/mol. The fraction of sp³-hybridized carbons (Fsp3) is 0.312. The molecule has 2 rings (SSSR count). The summed E-state index contributed by atoms with van der Waals surface area (Å²) in [7, 11) is 4.42. The zero-order valence-corrected chi connectivity index (χ0v) is 15.8. The van der Waals surface area contributed by atoms with Gasteiger partial charge in [-0.3, -0.25) is 9.69 Å². The lowest BCUT2D eigenvalue weighted by Crippen LogP contribution is -2.46. The lowest BCUT2D eigenvalue weighted by molar-refractivity contribution is -0.146. The second-order valence-electron chi connectivity index (χ2n) is 5.05. The van der Waals surface area contributed by atoms with E-state index >= 15 is 0 Å². The van der Waals surface area contributed by atoms with Gasteiger partial charge in [-0.1, -0.05) is 24.0 Å². The molecule has 10 heteroatoms. The Kier molecular flexibility index (Phi) is 6.46. The molecule has 0 radical (unpaired) electrons. The van der Waals surface area contributed by atoms with Crippen LogP contribution in [0.25, 0.3) is 6.08 Å². The summed E-state index contributed by atoms with van der Waals surface area (Å²) in [5.41, 5.74) is 0.580. The number of carboxylic acids is 1. The van der Waals surface area contributed by atoms with Crippen molar-refractivity contribution in [1.82, 2.24) is 4.90 Å². The summed E-state index contributed by atoms with van der Waals surface area (Å²) >= 11 is 6.05. The number of methoxy groups -OCH3 is 3. The van der Waals surface area contributed by atoms with E-state index in [4.69, 9.17) is 31.5 Å². The fourth-order valence-electron chi connectivity index (χ4n) is 2.35. The van der Waals surface area contributed by atoms with Crippen LogP contribution < -0.4 is 14.2 Å². The number of thioether (sulfide) groups is 1. The maximum Gasteiger partial charge on any atom is 0.329 e. The number of hydrogen-bond donors (Lipinski definition) is 2. The van der Waals surface area contributed by atoms with Crippen molar-refractivity contribution in [2.45, 2.75) is 6.04 Å². The molecule has 1 aromatic carbocycles. The van der Waals surface area contributed by atoms with E-state index in [0.29, 0.717) is 22.8 Å². The number of benzene rings is 1. The topological polar surface area (TPSA) is 106 Å². The van der Waals surface area contributed by atoms with E-state index in [1.54, 1.807) is 18.2 Å². The summed E-state index contributed by atoms with van der Waals surface area (Å²) in [5.74, 6) is -0.696. The molecule has 2 N–H and O–H groups in total. The first-order valence-electron chi connectivity index (χ1n) is 7.28. The molecule has 0 aromatic heterocycles. The second-order valence-corrected chi connectivity index (χ2v) is 6.72. The maximum atomic E-state index is 12.5. The number of hydrogen-bond acceptors (Lipinski definition) is 8. The van der Waals surface area contributed by atoms with Gasteiger partial charge in [-0.05, 0) is 23.8 Å². The number of aliphatic hydroxyl groups excluding tert-OH is 1. The fourth-order valence-corrected chi connectivity index (χ4v) is 3.71. The number of aliphatic hydroxyl groups is 1. The van der Waals surface area contributed by atoms with Gasteiger partial charge in [0.15, 0.2) is 17.5 Å². The van der Waals surface area contributed by atoms with Crippen molar-refractivity contribution >= 4 is 46.3 Å². The van der Waals surface area contributed by atoms with Crippen molar-refractivity contribution in [1.29, 1.82) is 0 Å². The van der Waals surface area contributed by atoms with Crippen LogP contribution in [-0.2, 0) is 9.59 Å². The van der Waals surface area contributed by atoms with Crippen LogP contribution in [0.2, 0.25) is 0 Å². The van der Waals surface area contributed by atoms with Crippen molar-refractivity contribution in [3.8, 4) is 17.2 Å². The number of carboxylic acid groups (broad SMARTS) is 1. The van der Waals surface area contributed by atoms with Crippen molar-refractivity contribution in [2.75, 3.05) is 27.9 Å². The highest BCUT2D eigenvalue weighted by Crippen LogP contribution is 2.40. The lowest BCUT2D eigenvalue weighted by atomic mass is 10.1. The zero-order valence-electron chi connectivity index (χ0n) is 14.2. The molecule has 1 aliphatic heterocycles. The van der Waals surface area contributed by atoms with Crippen LogP contribution in [0, 0.1) is 0 Å². The van der Waals surface area contributed by atoms with E-state index in [9.17, 15) is 14.7 Å². The molecule has 26 heavy (non-hydrogen) atoms. The number of carbonyl (C=O) groups is 2. The number of aliphatic carboxylic acids is 1. The van der Waals surface area contributed by atoms with E-state index in [0.717, 1.165) is 16.7 Å². The zero-order chi connectivity index (χ0) is 19.4. The van der Waals surface area contributed by atoms with E-state index < -0.39 is 24.5 Å². The molecule has 1 aromatic rings. The molecule has 1 atom stereocenters. The molecule has 1 heterocycles. The van der Waals surface area contributed by atoms with Gasteiger partial charge in [0, 0.05) is 0 Å². The number of nitrogens with zero attached hydrogens (tertiary/aromatic N) is 1. The number of carbonyl (C=O) groups excluding carboxylic acids is 1. The first-order chi connectivity index (χ1) is 12.4. The highest BCUT2D eigenvalue weighted by atomic mass is 32.2. The quantitative estimate of drug-likeness (QED) is 0.519. The average Bonchev–Trinajstić information content (AvgIpc) is 2.88. The molecular weight excluding hydrogens is 382 g/mol. The van der Waals surface area contributed by atoms with Gasteiger partial charge in [-0.25, -0.2) is 4.79 Å². The molecule has 0 spiro atoms. The normalized spacial score (nSPS) is 16.8. The highest BCUT2D eigenvalue weighted by molar-refractivity contribution is 8.26. The Hall–Kier alpha value is -2.30. The van der Waals surface area contributed by atoms with Gasteiger partial charge in [0.2, 0.25) is 5.75 Å². The summed E-state index contributed by atoms with van der Waals surface area (Å²) in [6.07, 6.45) is 1.54. The van der Waals surface area contributed by atoms with Gasteiger partial charge in [-0.2, -0.15) is 0 Å². The van der Waals surface area contributed by atoms with Crippen molar-refractivity contribution in [3.05, 3.63) is 22.6 Å². The third kappa shape index (κ3) is 3.76. The van der Waals surface area contributed by atoms with E-state index in [1.165, 1.54) is 21.3 Å². The Labute approximate surface area is 159 Å². The Balaban J connectivity index is 2.43. The second kappa shape index (κ2) is 8.39. The molecule has 1 unspecified atom stereocenters. The molecule has 1 aliphatic rings. The first-order valence-corrected chi connectivity index (χ1v) is 8.51. The predicted molar refractivity (Wildman–Crippen MR) is 99.6 cm³/mol. The number of thiocarbonyl (C=S) groups is 1. The van der Waals surface area contributed by atoms with Crippen LogP contribution in [0.1, 0.15) is 5.56 Å². The summed E-state index contributed by atoms with van der Waals surface area (Å²) in [6, 6.07) is 1.87. The largest absolute Gasteiger partial charge is 0.493 e. The van der Waals surface area contributed by atoms with Crippen LogP contribution in [0.4, 0.5) is 0 Å². The van der Waals surface area contributed by atoms with Gasteiger partial charge < -0.3 is 24.4 Å². The van der Waals surface area contributed by atoms with Crippen molar-refractivity contribution in [2.24, 2.45) is 0 Å². The van der Waals surface area contributed by atoms with Crippen molar-refractivity contribution < 1.29 is 34.0 Å². The minimum Gasteiger partial charge on any atom is -0.493 e. The maximum absolute atomic E-state index is 12.5. The first kappa shape index (κ1) is 20.0. The summed E-state index contributed by atoms with van der Waals surface area (Å²) in [6.45, 7) is -0.737. The van der Waals surface area contributed by atoms with Crippen LogP contribution in [0.3, 0.4) is 0 Å². The third-order valence-corrected chi connectivity index (χ3v) is 4.91. The monoisotopic (exact) mass is 399 g/mol. The Morgan fingerprint density at radius 1 is 1.27 bits per heavy atom. The van der Waals surface area contributed by atoms with E-state index in [2.05, 4.69) is 0 Å². The minimum absolute atomic E-state index is 0.0649. The molecule has 1 amide bonds. The summed E-state index contributed by atoms with van der Waals surface area (Å²) in [4.78, 5) is 24.9. The summed E-state index contributed by atoms with van der Waals surface area (Å²) in [5, 5.41) is 18.4. The number of rotatable bonds is 7. The Bertz CT molecular complexity index is 753. The van der Waals surface area contributed by atoms with Crippen LogP contribution in [-0.4, -0.2) is 65.3 Å². The van der Waals surface area contributed by atoms with Gasteiger partial charge in [0.05, 0.1) is 32.8 Å². The third-order valence-electron chi connectivity index (χ3n) is 3.58. The van der Waals surface area contributed by atoms with E-state index in [1.807, 2.05) is 0 Å². The number of amides is 1. The minimum atomic E-state index is -1.42. The molecule has 1 saturated heterocycles. The van der Waals surface area contributed by atoms with Gasteiger partial charge in [-0.15, -0.1) is 0 Å². The molecule has 140 valence electrons. The molecule has 0 bridgehead atoms. The van der Waals surface area contributed by atoms with Crippen LogP contribution in [0.5, 0.6) is 17.2 Å². The molecule has 0 aliphatic carbocycles. The van der Waals surface area contributed by atoms with Crippen LogP contribution in [0.15, 0.2) is 17.0 Å². The van der Waals surface area contributed by atoms with Gasteiger partial charge >= 0.3 is 5.97 Å². The number of ether oxygens (including phenoxy) is 3. The smallest absolute Gasteiger partial charge is 0.329 e. The van der Waals surface area contributed by atoms with Crippen LogP contribution >= 0.6 is 24.0 Å².